The quantitative estimate of drug-likeness (QED) is 0.364. The molecule has 0 fully saturated rings. The van der Waals surface area contributed by atoms with Gasteiger partial charge >= 0.3 is 12.1 Å². The lowest BCUT2D eigenvalue weighted by Gasteiger charge is -2.17. The molecule has 0 bridgehead atoms. The van der Waals surface area contributed by atoms with Gasteiger partial charge in [-0.05, 0) is 78.5 Å². The highest BCUT2D eigenvalue weighted by Gasteiger charge is 2.38. The number of hydrogen-bond acceptors (Lipinski definition) is 3. The fourth-order valence-electron chi connectivity index (χ4n) is 3.65. The summed E-state index contributed by atoms with van der Waals surface area (Å²) < 4.78 is 31.7. The van der Waals surface area contributed by atoms with Gasteiger partial charge in [-0.1, -0.05) is 53.6 Å². The van der Waals surface area contributed by atoms with E-state index in [2.05, 4.69) is 28.8 Å². The van der Waals surface area contributed by atoms with Crippen LogP contribution in [0.15, 0.2) is 72.3 Å². The molecule has 0 aliphatic heterocycles. The van der Waals surface area contributed by atoms with Crippen LogP contribution in [0.3, 0.4) is 0 Å². The maximum Gasteiger partial charge on any atom is 0.490 e. The molecule has 3 aromatic rings. The largest absolute Gasteiger partial charge is 0.490 e. The van der Waals surface area contributed by atoms with Gasteiger partial charge in [-0.3, -0.25) is 4.79 Å². The summed E-state index contributed by atoms with van der Waals surface area (Å²) in [5, 5.41) is 14.1. The Morgan fingerprint density at radius 1 is 0.944 bits per heavy atom. The molecule has 1 aliphatic carbocycles. The van der Waals surface area contributed by atoms with Crippen molar-refractivity contribution in [2.75, 3.05) is 18.9 Å². The van der Waals surface area contributed by atoms with E-state index in [9.17, 15) is 18.0 Å². The summed E-state index contributed by atoms with van der Waals surface area (Å²) in [7, 11) is 1.97. The first kappa shape index (κ1) is 27.0. The van der Waals surface area contributed by atoms with E-state index >= 15 is 0 Å². The number of alkyl halides is 3. The second kappa shape index (κ2) is 11.9. The van der Waals surface area contributed by atoms with Crippen LogP contribution in [0.5, 0.6) is 0 Å². The third-order valence-corrected chi connectivity index (χ3v) is 5.70. The van der Waals surface area contributed by atoms with Crippen LogP contribution in [-0.2, 0) is 11.2 Å². The van der Waals surface area contributed by atoms with Gasteiger partial charge in [0.2, 0.25) is 0 Å². The molecule has 0 spiro atoms. The third-order valence-electron chi connectivity index (χ3n) is 5.45. The number of carbonyl (C=O) groups is 2. The third kappa shape index (κ3) is 7.44. The maximum absolute atomic E-state index is 12.7. The summed E-state index contributed by atoms with van der Waals surface area (Å²) in [4.78, 5) is 21.6. The van der Waals surface area contributed by atoms with Crippen molar-refractivity contribution in [3.8, 4) is 11.1 Å². The fourth-order valence-corrected chi connectivity index (χ4v) is 3.78. The number of nitrogens with one attached hydrogen (secondary N) is 2. The molecule has 3 aromatic carbocycles. The van der Waals surface area contributed by atoms with E-state index in [1.807, 2.05) is 61.6 Å². The van der Waals surface area contributed by atoms with Crippen LogP contribution < -0.4 is 10.6 Å². The molecule has 4 rings (SSSR count). The first-order valence-corrected chi connectivity index (χ1v) is 11.4. The average Bonchev–Trinajstić information content (AvgIpc) is 2.85. The minimum atomic E-state index is -5.08. The number of carboxylic acid groups (broad SMARTS) is 1. The molecule has 5 nitrogen and oxygen atoms in total. The van der Waals surface area contributed by atoms with E-state index < -0.39 is 12.1 Å². The van der Waals surface area contributed by atoms with E-state index in [1.165, 1.54) is 16.7 Å². The number of likely N-dealkylation sites (N-methyl/N-ethyl adjacent to an activating group) is 1. The number of hydrogen-bond donors (Lipinski definition) is 3. The van der Waals surface area contributed by atoms with Crippen molar-refractivity contribution < 1.29 is 27.9 Å². The molecule has 188 valence electrons. The smallest absolute Gasteiger partial charge is 0.475 e. The molecule has 3 N–H and O–H groups in total. The van der Waals surface area contributed by atoms with E-state index in [0.717, 1.165) is 36.2 Å². The molecular formula is C27H24ClF3N2O3. The highest BCUT2D eigenvalue weighted by Crippen LogP contribution is 2.27. The Labute approximate surface area is 211 Å². The number of amides is 1. The van der Waals surface area contributed by atoms with E-state index in [-0.39, 0.29) is 5.91 Å². The summed E-state index contributed by atoms with van der Waals surface area (Å²) in [5.41, 5.74) is 7.53. The summed E-state index contributed by atoms with van der Waals surface area (Å²) in [6.45, 7) is 0.921. The normalized spacial score (nSPS) is 12.5. The lowest BCUT2D eigenvalue weighted by atomic mass is 9.92. The van der Waals surface area contributed by atoms with E-state index in [0.29, 0.717) is 10.6 Å². The molecule has 0 radical (unpaired) electrons. The molecule has 0 heterocycles. The lowest BCUT2D eigenvalue weighted by Crippen LogP contribution is -2.21. The monoisotopic (exact) mass is 516 g/mol. The van der Waals surface area contributed by atoms with Crippen LogP contribution in [0, 0.1) is 0 Å². The topological polar surface area (TPSA) is 78.4 Å². The number of carboxylic acids is 1. The number of fused-ring (bicyclic) bond motifs is 1. The SMILES string of the molecule is CNCC1=Cc2ccc(NC(=O)c3ccc(-c4ccc(Cl)cc4)cc3)cc2CC1.O=C(O)C(F)(F)F. The van der Waals surface area contributed by atoms with Crippen LogP contribution in [0.1, 0.15) is 27.9 Å². The molecule has 0 atom stereocenters. The van der Waals surface area contributed by atoms with E-state index in [4.69, 9.17) is 21.5 Å². The molecule has 9 heteroatoms. The van der Waals surface area contributed by atoms with Gasteiger partial charge in [0, 0.05) is 22.8 Å². The van der Waals surface area contributed by atoms with Crippen molar-refractivity contribution >= 4 is 35.2 Å². The molecule has 1 aliphatic rings. The first-order chi connectivity index (χ1) is 17.1. The standard InChI is InChI=1S/C25H23ClN2O.C2HF3O2/c1-27-16-17-2-3-22-15-24(13-10-21(22)14-17)28-25(29)20-6-4-18(5-7-20)19-8-11-23(26)12-9-19;3-2(4,5)1(6)7/h4-15,27H,2-3,16H2,1H3,(H,28,29);(H,6,7). The predicted molar refractivity (Wildman–Crippen MR) is 135 cm³/mol. The molecule has 0 aromatic heterocycles. The van der Waals surface area contributed by atoms with Crippen LogP contribution in [0.4, 0.5) is 18.9 Å². The zero-order valence-electron chi connectivity index (χ0n) is 19.3. The van der Waals surface area contributed by atoms with Crippen molar-refractivity contribution in [3.05, 3.63) is 94.0 Å². The molecule has 1 amide bonds. The van der Waals surface area contributed by atoms with Crippen molar-refractivity contribution in [1.82, 2.24) is 5.32 Å². The van der Waals surface area contributed by atoms with Crippen molar-refractivity contribution in [2.24, 2.45) is 0 Å². The Balaban J connectivity index is 0.000000454. The van der Waals surface area contributed by atoms with E-state index in [1.54, 1.807) is 0 Å². The number of carbonyl (C=O) groups excluding carboxylic acids is 1. The molecule has 36 heavy (non-hydrogen) atoms. The summed E-state index contributed by atoms with van der Waals surface area (Å²) in [5.74, 6) is -2.86. The average molecular weight is 517 g/mol. The Kier molecular flexibility index (Phi) is 8.90. The Bertz CT molecular complexity index is 1250. The van der Waals surface area contributed by atoms with Gasteiger partial charge < -0.3 is 15.7 Å². The molecule has 0 unspecified atom stereocenters. The second-order valence-corrected chi connectivity index (χ2v) is 8.52. The molecule has 0 saturated carbocycles. The predicted octanol–water partition coefficient (Wildman–Crippen LogP) is 6.44. The molecule has 0 saturated heterocycles. The molecular weight excluding hydrogens is 493 g/mol. The fraction of sp³-hybridized carbons (Fsp3) is 0.185. The lowest BCUT2D eigenvalue weighted by molar-refractivity contribution is -0.192. The Morgan fingerprint density at radius 3 is 2.08 bits per heavy atom. The Morgan fingerprint density at radius 2 is 1.53 bits per heavy atom. The van der Waals surface area contributed by atoms with Crippen LogP contribution in [0.2, 0.25) is 5.02 Å². The van der Waals surface area contributed by atoms with Crippen LogP contribution in [0.25, 0.3) is 17.2 Å². The van der Waals surface area contributed by atoms with Crippen LogP contribution in [-0.4, -0.2) is 36.8 Å². The summed E-state index contributed by atoms with van der Waals surface area (Å²) in [6, 6.07) is 21.4. The number of rotatable bonds is 5. The van der Waals surface area contributed by atoms with Crippen LogP contribution >= 0.6 is 11.6 Å². The van der Waals surface area contributed by atoms with Gasteiger partial charge in [0.05, 0.1) is 0 Å². The number of aryl methyl sites for hydroxylation is 1. The summed E-state index contributed by atoms with van der Waals surface area (Å²) >= 11 is 5.95. The van der Waals surface area contributed by atoms with Gasteiger partial charge in [-0.2, -0.15) is 13.2 Å². The first-order valence-electron chi connectivity index (χ1n) is 11.0. The minimum absolute atomic E-state index is 0.102. The number of aliphatic carboxylic acids is 1. The highest BCUT2D eigenvalue weighted by atomic mass is 35.5. The highest BCUT2D eigenvalue weighted by molar-refractivity contribution is 6.30. The zero-order chi connectivity index (χ0) is 26.3. The van der Waals surface area contributed by atoms with Gasteiger partial charge in [0.25, 0.3) is 5.91 Å². The van der Waals surface area contributed by atoms with Gasteiger partial charge in [-0.15, -0.1) is 0 Å². The summed E-state index contributed by atoms with van der Waals surface area (Å²) in [6.07, 6.45) is -0.782. The van der Waals surface area contributed by atoms with Gasteiger partial charge in [-0.25, -0.2) is 4.79 Å². The van der Waals surface area contributed by atoms with Crippen molar-refractivity contribution in [3.63, 3.8) is 0 Å². The number of benzene rings is 3. The van der Waals surface area contributed by atoms with Gasteiger partial charge in [0.1, 0.15) is 0 Å². The van der Waals surface area contributed by atoms with Crippen molar-refractivity contribution in [2.45, 2.75) is 19.0 Å². The zero-order valence-corrected chi connectivity index (χ0v) is 20.1. The Hall–Kier alpha value is -3.62. The second-order valence-electron chi connectivity index (χ2n) is 8.09. The number of halogens is 4. The number of anilines is 1. The van der Waals surface area contributed by atoms with Crippen molar-refractivity contribution in [1.29, 1.82) is 0 Å². The van der Waals surface area contributed by atoms with Gasteiger partial charge in [0.15, 0.2) is 0 Å². The maximum atomic E-state index is 12.7. The minimum Gasteiger partial charge on any atom is -0.475 e.